The summed E-state index contributed by atoms with van der Waals surface area (Å²) >= 11 is 0. The number of aromatic amines is 1. The lowest BCUT2D eigenvalue weighted by atomic mass is 9.76. The Hall–Kier alpha value is -3.58. The van der Waals surface area contributed by atoms with Crippen molar-refractivity contribution in [1.82, 2.24) is 24.9 Å². The molecule has 0 amide bonds. The topological polar surface area (TPSA) is 119 Å². The van der Waals surface area contributed by atoms with Crippen molar-refractivity contribution in [2.24, 2.45) is 5.73 Å². The number of aromatic nitrogens is 5. The van der Waals surface area contributed by atoms with Crippen LogP contribution in [-0.2, 0) is 5.54 Å². The third kappa shape index (κ3) is 2.25. The van der Waals surface area contributed by atoms with E-state index in [0.29, 0.717) is 12.2 Å². The number of nitrogens with one attached hydrogen (secondary N) is 1. The number of hydrogen-bond acceptors (Lipinski definition) is 6. The molecule has 0 aliphatic heterocycles. The zero-order valence-corrected chi connectivity index (χ0v) is 14.4. The van der Waals surface area contributed by atoms with E-state index in [-0.39, 0.29) is 0 Å². The molecule has 0 spiro atoms. The van der Waals surface area contributed by atoms with Crippen LogP contribution in [0, 0.1) is 0 Å². The van der Waals surface area contributed by atoms with Crippen molar-refractivity contribution in [2.75, 3.05) is 5.73 Å². The molecule has 0 saturated heterocycles. The Morgan fingerprint density at radius 2 is 1.96 bits per heavy atom. The zero-order valence-electron chi connectivity index (χ0n) is 14.4. The van der Waals surface area contributed by atoms with Crippen LogP contribution >= 0.6 is 0 Å². The molecule has 132 valence electrons. The first-order valence-electron chi connectivity index (χ1n) is 8.63. The summed E-state index contributed by atoms with van der Waals surface area (Å²) in [4.78, 5) is 20.8. The van der Waals surface area contributed by atoms with Crippen LogP contribution < -0.4 is 11.5 Å². The molecule has 5 rings (SSSR count). The first-order chi connectivity index (χ1) is 13.2. The molecule has 0 aromatic carbocycles. The second-order valence-corrected chi connectivity index (χ2v) is 6.60. The molecule has 1 aliphatic rings. The van der Waals surface area contributed by atoms with Gasteiger partial charge in [0.15, 0.2) is 0 Å². The Balaban J connectivity index is 1.78. The summed E-state index contributed by atoms with van der Waals surface area (Å²) in [6, 6.07) is 7.76. The number of nitrogens with zero attached hydrogens (tertiary/aromatic N) is 4. The highest BCUT2D eigenvalue weighted by molar-refractivity contribution is 5.91. The molecular formula is C20H17N7. The second kappa shape index (κ2) is 5.72. The van der Waals surface area contributed by atoms with Gasteiger partial charge in [0.2, 0.25) is 0 Å². The van der Waals surface area contributed by atoms with Gasteiger partial charge in [-0.15, -0.1) is 0 Å². The molecule has 1 unspecified atom stereocenters. The van der Waals surface area contributed by atoms with Gasteiger partial charge in [0, 0.05) is 35.1 Å². The first-order valence-corrected chi connectivity index (χ1v) is 8.63. The maximum Gasteiger partial charge on any atom is 0.141 e. The van der Waals surface area contributed by atoms with Gasteiger partial charge in [-0.25, -0.2) is 15.0 Å². The van der Waals surface area contributed by atoms with Gasteiger partial charge in [-0.2, -0.15) is 0 Å². The minimum atomic E-state index is -0.828. The molecule has 0 saturated carbocycles. The number of nitrogen functional groups attached to an aromatic ring is 1. The number of rotatable bonds is 2. The van der Waals surface area contributed by atoms with Crippen molar-refractivity contribution in [1.29, 1.82) is 0 Å². The maximum atomic E-state index is 6.97. The lowest BCUT2D eigenvalue weighted by Crippen LogP contribution is -2.41. The highest BCUT2D eigenvalue weighted by Crippen LogP contribution is 2.41. The summed E-state index contributed by atoms with van der Waals surface area (Å²) in [5.74, 6) is 0.464. The lowest BCUT2D eigenvalue weighted by Gasteiger charge is -2.34. The van der Waals surface area contributed by atoms with Crippen LogP contribution in [0.4, 0.5) is 5.82 Å². The van der Waals surface area contributed by atoms with Crippen molar-refractivity contribution in [3.8, 4) is 11.3 Å². The molecular weight excluding hydrogens is 338 g/mol. The highest BCUT2D eigenvalue weighted by atomic mass is 14.9. The largest absolute Gasteiger partial charge is 0.383 e. The van der Waals surface area contributed by atoms with E-state index in [0.717, 1.165) is 39.1 Å². The van der Waals surface area contributed by atoms with Gasteiger partial charge < -0.3 is 16.5 Å². The van der Waals surface area contributed by atoms with Gasteiger partial charge in [0.1, 0.15) is 17.8 Å². The molecule has 0 bridgehead atoms. The van der Waals surface area contributed by atoms with Gasteiger partial charge in [-0.1, -0.05) is 12.2 Å². The number of anilines is 1. The fraction of sp³-hybridized carbons (Fsp3) is 0.100. The third-order valence-electron chi connectivity index (χ3n) is 5.07. The molecule has 27 heavy (non-hydrogen) atoms. The molecule has 4 aromatic rings. The van der Waals surface area contributed by atoms with Crippen molar-refractivity contribution in [3.05, 3.63) is 72.1 Å². The lowest BCUT2D eigenvalue weighted by molar-refractivity contribution is 0.525. The Kier molecular flexibility index (Phi) is 3.32. The molecule has 7 nitrogen and oxygen atoms in total. The molecule has 0 fully saturated rings. The summed E-state index contributed by atoms with van der Waals surface area (Å²) in [5.41, 5.74) is 17.2. The first kappa shape index (κ1) is 15.7. The number of pyridine rings is 2. The van der Waals surface area contributed by atoms with Crippen molar-refractivity contribution in [2.45, 2.75) is 12.0 Å². The Morgan fingerprint density at radius 3 is 2.89 bits per heavy atom. The van der Waals surface area contributed by atoms with E-state index in [1.807, 2.05) is 42.6 Å². The highest BCUT2D eigenvalue weighted by Gasteiger charge is 2.37. The quantitative estimate of drug-likeness (QED) is 0.508. The van der Waals surface area contributed by atoms with Crippen molar-refractivity contribution < 1.29 is 0 Å². The van der Waals surface area contributed by atoms with Gasteiger partial charge in [0.25, 0.3) is 0 Å². The standard InChI is InChI=1S/C20H17N7/c21-18-12-3-1-7-20(22,15(12)6-10-24-18)17-13(4-2-8-23-17)16-14-5-9-25-19(14)27-11-26-16/h1-6,8-11H,7,22H2,(H2,21,24)(H,25,26,27). The third-order valence-corrected chi connectivity index (χ3v) is 5.07. The predicted octanol–water partition coefficient (Wildman–Crippen LogP) is 2.62. The van der Waals surface area contributed by atoms with Crippen LogP contribution in [-0.4, -0.2) is 24.9 Å². The molecule has 4 heterocycles. The van der Waals surface area contributed by atoms with Crippen LogP contribution in [0.5, 0.6) is 0 Å². The van der Waals surface area contributed by atoms with Gasteiger partial charge in [0.05, 0.1) is 16.9 Å². The summed E-state index contributed by atoms with van der Waals surface area (Å²) < 4.78 is 0. The van der Waals surface area contributed by atoms with E-state index in [4.69, 9.17) is 11.5 Å². The normalized spacial score (nSPS) is 18.6. The molecule has 7 heteroatoms. The smallest absolute Gasteiger partial charge is 0.141 e. The number of hydrogen-bond donors (Lipinski definition) is 3. The van der Waals surface area contributed by atoms with Crippen LogP contribution in [0.1, 0.15) is 23.2 Å². The molecule has 5 N–H and O–H groups in total. The number of fused-ring (bicyclic) bond motifs is 2. The van der Waals surface area contributed by atoms with E-state index in [1.165, 1.54) is 0 Å². The van der Waals surface area contributed by atoms with Gasteiger partial charge >= 0.3 is 0 Å². The SMILES string of the molecule is Nc1nccc2c1C=CCC2(N)c1ncccc1-c1ncnc2[nH]ccc12. The molecule has 1 aliphatic carbocycles. The minimum absolute atomic E-state index is 0.464. The Bertz CT molecular complexity index is 1190. The predicted molar refractivity (Wildman–Crippen MR) is 104 cm³/mol. The fourth-order valence-electron chi connectivity index (χ4n) is 3.79. The van der Waals surface area contributed by atoms with Crippen molar-refractivity contribution in [3.63, 3.8) is 0 Å². The summed E-state index contributed by atoms with van der Waals surface area (Å²) in [6.45, 7) is 0. The van der Waals surface area contributed by atoms with E-state index in [9.17, 15) is 0 Å². The Morgan fingerprint density at radius 1 is 1.04 bits per heavy atom. The van der Waals surface area contributed by atoms with E-state index in [1.54, 1.807) is 18.7 Å². The van der Waals surface area contributed by atoms with E-state index < -0.39 is 5.54 Å². The fourth-order valence-corrected chi connectivity index (χ4v) is 3.79. The average Bonchev–Trinajstić information content (AvgIpc) is 3.18. The van der Waals surface area contributed by atoms with Crippen LogP contribution in [0.25, 0.3) is 28.4 Å². The minimum Gasteiger partial charge on any atom is -0.383 e. The monoisotopic (exact) mass is 355 g/mol. The van der Waals surface area contributed by atoms with E-state index in [2.05, 4.69) is 24.9 Å². The second-order valence-electron chi connectivity index (χ2n) is 6.60. The van der Waals surface area contributed by atoms with Gasteiger partial charge in [-0.3, -0.25) is 4.98 Å². The summed E-state index contributed by atoms with van der Waals surface area (Å²) in [7, 11) is 0. The van der Waals surface area contributed by atoms with Crippen LogP contribution in [0.15, 0.2) is 55.3 Å². The average molecular weight is 355 g/mol. The summed E-state index contributed by atoms with van der Waals surface area (Å²) in [6.07, 6.45) is 11.4. The number of H-pyrrole nitrogens is 1. The van der Waals surface area contributed by atoms with Gasteiger partial charge in [-0.05, 0) is 36.2 Å². The van der Waals surface area contributed by atoms with Crippen molar-refractivity contribution >= 4 is 22.9 Å². The molecule has 1 atom stereocenters. The Labute approximate surface area is 155 Å². The van der Waals surface area contributed by atoms with E-state index >= 15 is 0 Å². The zero-order chi connectivity index (χ0) is 18.4. The molecule has 4 aromatic heterocycles. The maximum absolute atomic E-state index is 6.97. The number of nitrogens with two attached hydrogens (primary N) is 2. The summed E-state index contributed by atoms with van der Waals surface area (Å²) in [5, 5.41) is 0.927. The molecule has 0 radical (unpaired) electrons. The van der Waals surface area contributed by atoms with Crippen LogP contribution in [0.2, 0.25) is 0 Å². The van der Waals surface area contributed by atoms with Crippen LogP contribution in [0.3, 0.4) is 0 Å².